The van der Waals surface area contributed by atoms with Crippen molar-refractivity contribution in [1.82, 2.24) is 4.90 Å². The van der Waals surface area contributed by atoms with Gasteiger partial charge in [0.25, 0.3) is 0 Å². The van der Waals surface area contributed by atoms with Gasteiger partial charge in [0, 0.05) is 17.7 Å². The summed E-state index contributed by atoms with van der Waals surface area (Å²) in [7, 11) is 0. The first kappa shape index (κ1) is 10.5. The molecule has 0 spiro atoms. The summed E-state index contributed by atoms with van der Waals surface area (Å²) < 4.78 is 0. The Balaban J connectivity index is 2.27. The van der Waals surface area contributed by atoms with Crippen molar-refractivity contribution < 1.29 is 14.7 Å². The average Bonchev–Trinajstić information content (AvgIpc) is 2.37. The Hall–Kier alpha value is -1.01. The van der Waals surface area contributed by atoms with Gasteiger partial charge in [-0.2, -0.15) is 0 Å². The monoisotopic (exact) mass is 228 g/mol. The molecule has 0 radical (unpaired) electrons. The molecule has 2 aliphatic rings. The third-order valence-electron chi connectivity index (χ3n) is 2.50. The number of carbonyl (C=O) groups is 2. The van der Waals surface area contributed by atoms with E-state index in [1.54, 1.807) is 6.92 Å². The van der Waals surface area contributed by atoms with Crippen LogP contribution in [0.25, 0.3) is 0 Å². The van der Waals surface area contributed by atoms with E-state index in [1.165, 1.54) is 16.7 Å². The van der Waals surface area contributed by atoms with Gasteiger partial charge < -0.3 is 15.7 Å². The van der Waals surface area contributed by atoms with E-state index in [2.05, 4.69) is 0 Å². The van der Waals surface area contributed by atoms with Gasteiger partial charge in [-0.25, -0.2) is 4.79 Å². The zero-order valence-corrected chi connectivity index (χ0v) is 9.08. The van der Waals surface area contributed by atoms with E-state index in [1.807, 2.05) is 0 Å². The second-order valence-electron chi connectivity index (χ2n) is 3.73. The summed E-state index contributed by atoms with van der Waals surface area (Å²) in [5, 5.41) is 8.88. The molecule has 15 heavy (non-hydrogen) atoms. The van der Waals surface area contributed by atoms with Crippen LogP contribution in [-0.2, 0) is 9.59 Å². The van der Waals surface area contributed by atoms with Crippen molar-refractivity contribution in [1.29, 1.82) is 0 Å². The molecular formula is C9H12N2O3S. The molecule has 5 nitrogen and oxygen atoms in total. The van der Waals surface area contributed by atoms with Gasteiger partial charge in [-0.05, 0) is 6.92 Å². The minimum atomic E-state index is -1.03. The largest absolute Gasteiger partial charge is 0.477 e. The lowest BCUT2D eigenvalue weighted by Gasteiger charge is -2.34. The third-order valence-corrected chi connectivity index (χ3v) is 3.52. The summed E-state index contributed by atoms with van der Waals surface area (Å²) in [6, 6.07) is 0.0600. The standard InChI is InChI=1S/C9H12N2O3S/c1-4(10)15-6-2-5-3-7(12)11(5)8(6)9(13)14/h4-5H,2-3,10H2,1H3,(H,13,14). The van der Waals surface area contributed by atoms with Crippen LogP contribution < -0.4 is 5.73 Å². The molecule has 0 aromatic rings. The Kier molecular flexibility index (Phi) is 2.47. The molecule has 2 atom stereocenters. The fourth-order valence-electron chi connectivity index (χ4n) is 1.95. The fourth-order valence-corrected chi connectivity index (χ4v) is 2.98. The van der Waals surface area contributed by atoms with Crippen LogP contribution in [0.3, 0.4) is 0 Å². The van der Waals surface area contributed by atoms with Gasteiger partial charge in [-0.3, -0.25) is 4.79 Å². The second-order valence-corrected chi connectivity index (χ2v) is 5.20. The number of hydrogen-bond acceptors (Lipinski definition) is 4. The molecule has 0 saturated carbocycles. The molecular weight excluding hydrogens is 216 g/mol. The lowest BCUT2D eigenvalue weighted by atomic mass is 10.0. The normalized spacial score (nSPS) is 26.4. The molecule has 82 valence electrons. The zero-order chi connectivity index (χ0) is 11.2. The number of fused-ring (bicyclic) bond motifs is 1. The quantitative estimate of drug-likeness (QED) is 0.537. The molecule has 1 fully saturated rings. The summed E-state index contributed by atoms with van der Waals surface area (Å²) in [6.45, 7) is 1.80. The number of aliphatic carboxylic acids is 1. The van der Waals surface area contributed by atoms with Gasteiger partial charge in [-0.15, -0.1) is 11.8 Å². The van der Waals surface area contributed by atoms with Crippen LogP contribution >= 0.6 is 11.8 Å². The van der Waals surface area contributed by atoms with Crippen LogP contribution in [0.1, 0.15) is 19.8 Å². The van der Waals surface area contributed by atoms with E-state index in [0.29, 0.717) is 12.8 Å². The van der Waals surface area contributed by atoms with E-state index >= 15 is 0 Å². The number of thioether (sulfide) groups is 1. The number of carbonyl (C=O) groups excluding carboxylic acids is 1. The van der Waals surface area contributed by atoms with Crippen LogP contribution in [0.2, 0.25) is 0 Å². The summed E-state index contributed by atoms with van der Waals surface area (Å²) >= 11 is 1.33. The van der Waals surface area contributed by atoms with Gasteiger partial charge in [0.15, 0.2) is 0 Å². The third kappa shape index (κ3) is 1.63. The van der Waals surface area contributed by atoms with Crippen molar-refractivity contribution in [2.75, 3.05) is 0 Å². The van der Waals surface area contributed by atoms with Crippen LogP contribution in [0, 0.1) is 0 Å². The highest BCUT2D eigenvalue weighted by molar-refractivity contribution is 8.03. The molecule has 0 aliphatic carbocycles. The molecule has 1 amide bonds. The molecule has 0 aromatic heterocycles. The number of β-lactam (4-membered cyclic amide) rings is 1. The number of rotatable bonds is 3. The minimum absolute atomic E-state index is 0.0600. The Bertz CT molecular complexity index is 364. The van der Waals surface area contributed by atoms with Crippen LogP contribution in [0.4, 0.5) is 0 Å². The minimum Gasteiger partial charge on any atom is -0.477 e. The summed E-state index contributed by atoms with van der Waals surface area (Å²) in [5.41, 5.74) is 5.75. The van der Waals surface area contributed by atoms with Crippen molar-refractivity contribution in [3.05, 3.63) is 10.6 Å². The number of amides is 1. The first-order valence-electron chi connectivity index (χ1n) is 4.71. The second kappa shape index (κ2) is 3.53. The molecule has 0 aromatic carbocycles. The highest BCUT2D eigenvalue weighted by Crippen LogP contribution is 2.43. The van der Waals surface area contributed by atoms with Crippen molar-refractivity contribution in [3.8, 4) is 0 Å². The first-order chi connectivity index (χ1) is 7.00. The molecule has 2 aliphatic heterocycles. The molecule has 6 heteroatoms. The predicted molar refractivity (Wildman–Crippen MR) is 55.8 cm³/mol. The highest BCUT2D eigenvalue weighted by Gasteiger charge is 2.47. The first-order valence-corrected chi connectivity index (χ1v) is 5.59. The van der Waals surface area contributed by atoms with E-state index in [9.17, 15) is 9.59 Å². The van der Waals surface area contributed by atoms with E-state index < -0.39 is 5.97 Å². The van der Waals surface area contributed by atoms with Crippen molar-refractivity contribution >= 4 is 23.6 Å². The average molecular weight is 228 g/mol. The molecule has 2 heterocycles. The van der Waals surface area contributed by atoms with Crippen molar-refractivity contribution in [3.63, 3.8) is 0 Å². The van der Waals surface area contributed by atoms with E-state index in [-0.39, 0.29) is 23.0 Å². The fraction of sp³-hybridized carbons (Fsp3) is 0.556. The lowest BCUT2D eigenvalue weighted by molar-refractivity contribution is -0.147. The summed E-state index contributed by atoms with van der Waals surface area (Å²) in [6.07, 6.45) is 1.10. The molecule has 0 bridgehead atoms. The number of nitrogens with zero attached hydrogens (tertiary/aromatic N) is 1. The van der Waals surface area contributed by atoms with Crippen LogP contribution in [-0.4, -0.2) is 33.3 Å². The highest BCUT2D eigenvalue weighted by atomic mass is 32.2. The molecule has 2 unspecified atom stereocenters. The van der Waals surface area contributed by atoms with Gasteiger partial charge in [0.05, 0.1) is 11.4 Å². The number of carboxylic acid groups (broad SMARTS) is 1. The number of carboxylic acids is 1. The topological polar surface area (TPSA) is 83.6 Å². The van der Waals surface area contributed by atoms with Crippen LogP contribution in [0.5, 0.6) is 0 Å². The molecule has 3 N–H and O–H groups in total. The zero-order valence-electron chi connectivity index (χ0n) is 8.27. The smallest absolute Gasteiger partial charge is 0.353 e. The van der Waals surface area contributed by atoms with Crippen LogP contribution in [0.15, 0.2) is 10.6 Å². The maximum Gasteiger partial charge on any atom is 0.353 e. The Morgan fingerprint density at radius 1 is 1.67 bits per heavy atom. The Morgan fingerprint density at radius 2 is 2.33 bits per heavy atom. The number of nitrogens with two attached hydrogens (primary N) is 1. The van der Waals surface area contributed by atoms with Crippen molar-refractivity contribution in [2.24, 2.45) is 5.73 Å². The predicted octanol–water partition coefficient (Wildman–Crippen LogP) is 0.325. The van der Waals surface area contributed by atoms with Gasteiger partial charge in [0.2, 0.25) is 5.91 Å². The summed E-state index contributed by atoms with van der Waals surface area (Å²) in [4.78, 5) is 24.4. The maximum atomic E-state index is 11.2. The SMILES string of the molecule is CC(N)SC1=C(C(=O)O)N2C(=O)CC2C1. The summed E-state index contributed by atoms with van der Waals surface area (Å²) in [5.74, 6) is -1.13. The molecule has 1 saturated heterocycles. The van der Waals surface area contributed by atoms with Gasteiger partial charge >= 0.3 is 5.97 Å². The van der Waals surface area contributed by atoms with Gasteiger partial charge in [0.1, 0.15) is 5.70 Å². The van der Waals surface area contributed by atoms with E-state index in [4.69, 9.17) is 10.8 Å². The maximum absolute atomic E-state index is 11.2. The molecule has 2 rings (SSSR count). The Morgan fingerprint density at radius 3 is 2.80 bits per heavy atom. The van der Waals surface area contributed by atoms with Gasteiger partial charge in [-0.1, -0.05) is 0 Å². The van der Waals surface area contributed by atoms with E-state index in [0.717, 1.165) is 4.91 Å². The lowest BCUT2D eigenvalue weighted by Crippen LogP contribution is -2.49. The number of hydrogen-bond donors (Lipinski definition) is 2. The van der Waals surface area contributed by atoms with Crippen molar-refractivity contribution in [2.45, 2.75) is 31.2 Å². The Labute approximate surface area is 91.3 Å².